The molecule has 0 aliphatic rings. The number of nitrogens with zero attached hydrogens (tertiary/aromatic N) is 2. The van der Waals surface area contributed by atoms with E-state index in [0.717, 1.165) is 11.1 Å². The molecule has 0 radical (unpaired) electrons. The van der Waals surface area contributed by atoms with Gasteiger partial charge in [0.15, 0.2) is 5.69 Å². The molecule has 1 N–H and O–H groups in total. The van der Waals surface area contributed by atoms with Crippen molar-refractivity contribution in [3.63, 3.8) is 0 Å². The number of hydrogen-bond donors (Lipinski definition) is 1. The highest BCUT2D eigenvalue weighted by Gasteiger charge is 2.12. The number of carboxylic acid groups (broad SMARTS) is 1. The summed E-state index contributed by atoms with van der Waals surface area (Å²) < 4.78 is 0. The number of likely N-dealkylation sites (N-methyl/N-ethyl adjacent to an activating group) is 1. The molecule has 92 valence electrons. The van der Waals surface area contributed by atoms with Crippen molar-refractivity contribution in [2.24, 2.45) is 0 Å². The molecule has 0 fully saturated rings. The lowest BCUT2D eigenvalue weighted by Gasteiger charge is -2.19. The quantitative estimate of drug-likeness (QED) is 0.837. The maximum absolute atomic E-state index is 11.1. The van der Waals surface area contributed by atoms with Gasteiger partial charge in [-0.3, -0.25) is 0 Å². The van der Waals surface area contributed by atoms with Gasteiger partial charge in [-0.2, -0.15) is 0 Å². The second-order valence-corrected chi connectivity index (χ2v) is 4.02. The van der Waals surface area contributed by atoms with Gasteiger partial charge in [0.2, 0.25) is 0 Å². The van der Waals surface area contributed by atoms with Crippen LogP contribution in [0.3, 0.4) is 0 Å². The zero-order valence-corrected chi connectivity index (χ0v) is 10.1. The van der Waals surface area contributed by atoms with Crippen LogP contribution in [0, 0.1) is 0 Å². The number of anilines is 1. The zero-order chi connectivity index (χ0) is 13.1. The van der Waals surface area contributed by atoms with Gasteiger partial charge in [0.05, 0.1) is 5.52 Å². The van der Waals surface area contributed by atoms with Crippen LogP contribution in [0.2, 0.25) is 0 Å². The predicted molar refractivity (Wildman–Crippen MR) is 72.2 cm³/mol. The molecule has 1 heterocycles. The highest BCUT2D eigenvalue weighted by Crippen LogP contribution is 2.25. The molecule has 0 amide bonds. The summed E-state index contributed by atoms with van der Waals surface area (Å²) in [4.78, 5) is 17.1. The number of rotatable bonds is 4. The molecule has 4 heteroatoms. The van der Waals surface area contributed by atoms with Crippen LogP contribution in [-0.2, 0) is 0 Å². The van der Waals surface area contributed by atoms with Crippen molar-refractivity contribution in [3.05, 3.63) is 48.7 Å². The minimum absolute atomic E-state index is 0.0552. The Morgan fingerprint density at radius 1 is 1.50 bits per heavy atom. The molecule has 0 saturated carbocycles. The van der Waals surface area contributed by atoms with Gasteiger partial charge in [-0.15, -0.1) is 6.58 Å². The Kier molecular flexibility index (Phi) is 3.28. The number of fused-ring (bicyclic) bond motifs is 1. The molecule has 0 atom stereocenters. The highest BCUT2D eigenvalue weighted by molar-refractivity contribution is 5.97. The van der Waals surface area contributed by atoms with E-state index in [-0.39, 0.29) is 5.69 Å². The molecule has 0 spiro atoms. The van der Waals surface area contributed by atoms with Crippen LogP contribution >= 0.6 is 0 Å². The Labute approximate surface area is 105 Å². The summed E-state index contributed by atoms with van der Waals surface area (Å²) in [6, 6.07) is 9.10. The minimum Gasteiger partial charge on any atom is -0.477 e. The van der Waals surface area contributed by atoms with Crippen molar-refractivity contribution >= 4 is 22.6 Å². The average molecular weight is 242 g/mol. The molecule has 0 unspecified atom stereocenters. The SMILES string of the molecule is C=CCN(C)c1cc(C(=O)O)nc2ccccc12. The normalized spacial score (nSPS) is 10.3. The van der Waals surface area contributed by atoms with Gasteiger partial charge in [-0.05, 0) is 12.1 Å². The van der Waals surface area contributed by atoms with Gasteiger partial charge in [0, 0.05) is 24.7 Å². The largest absolute Gasteiger partial charge is 0.477 e. The lowest BCUT2D eigenvalue weighted by Crippen LogP contribution is -2.18. The van der Waals surface area contributed by atoms with Gasteiger partial charge in [0.25, 0.3) is 0 Å². The van der Waals surface area contributed by atoms with E-state index in [1.165, 1.54) is 0 Å². The first-order valence-electron chi connectivity index (χ1n) is 5.58. The van der Waals surface area contributed by atoms with Crippen molar-refractivity contribution in [3.8, 4) is 0 Å². The molecule has 1 aromatic heterocycles. The van der Waals surface area contributed by atoms with Crippen LogP contribution in [0.1, 0.15) is 10.5 Å². The summed E-state index contributed by atoms with van der Waals surface area (Å²) in [6.07, 6.45) is 1.77. The number of pyridine rings is 1. The standard InChI is InChI=1S/C14H14N2O2/c1-3-8-16(2)13-9-12(14(17)18)15-11-7-5-4-6-10(11)13/h3-7,9H,1,8H2,2H3,(H,17,18). The summed E-state index contributed by atoms with van der Waals surface area (Å²) in [6.45, 7) is 4.34. The van der Waals surface area contributed by atoms with Gasteiger partial charge in [-0.1, -0.05) is 24.3 Å². The number of para-hydroxylation sites is 1. The Morgan fingerprint density at radius 2 is 2.22 bits per heavy atom. The first-order chi connectivity index (χ1) is 8.63. The van der Waals surface area contributed by atoms with Crippen molar-refractivity contribution < 1.29 is 9.90 Å². The number of carbonyl (C=O) groups is 1. The molecule has 2 rings (SSSR count). The van der Waals surface area contributed by atoms with Crippen molar-refractivity contribution in [2.75, 3.05) is 18.5 Å². The molecule has 2 aromatic rings. The van der Waals surface area contributed by atoms with E-state index < -0.39 is 5.97 Å². The molecule has 0 bridgehead atoms. The lowest BCUT2D eigenvalue weighted by atomic mass is 10.1. The Balaban J connectivity index is 2.67. The monoisotopic (exact) mass is 242 g/mol. The van der Waals surface area contributed by atoms with Gasteiger partial charge in [-0.25, -0.2) is 9.78 Å². The number of aromatic nitrogens is 1. The Bertz CT molecular complexity index is 608. The van der Waals surface area contributed by atoms with E-state index in [1.54, 1.807) is 12.1 Å². The smallest absolute Gasteiger partial charge is 0.354 e. The van der Waals surface area contributed by atoms with E-state index in [9.17, 15) is 4.79 Å². The van der Waals surface area contributed by atoms with E-state index >= 15 is 0 Å². The fourth-order valence-corrected chi connectivity index (χ4v) is 1.87. The van der Waals surface area contributed by atoms with Crippen LogP contribution in [0.25, 0.3) is 10.9 Å². The van der Waals surface area contributed by atoms with Crippen LogP contribution in [0.4, 0.5) is 5.69 Å². The second kappa shape index (κ2) is 4.87. The Morgan fingerprint density at radius 3 is 2.89 bits per heavy atom. The fourth-order valence-electron chi connectivity index (χ4n) is 1.87. The van der Waals surface area contributed by atoms with E-state index in [4.69, 9.17) is 5.11 Å². The molecule has 0 saturated heterocycles. The molecule has 1 aromatic carbocycles. The molecular formula is C14H14N2O2. The topological polar surface area (TPSA) is 53.4 Å². The Hall–Kier alpha value is -2.36. The van der Waals surface area contributed by atoms with Crippen molar-refractivity contribution in [1.82, 2.24) is 4.98 Å². The second-order valence-electron chi connectivity index (χ2n) is 4.02. The van der Waals surface area contributed by atoms with Crippen LogP contribution < -0.4 is 4.90 Å². The van der Waals surface area contributed by atoms with Crippen LogP contribution in [0.15, 0.2) is 43.0 Å². The number of aromatic carboxylic acids is 1. The van der Waals surface area contributed by atoms with Gasteiger partial charge >= 0.3 is 5.97 Å². The lowest BCUT2D eigenvalue weighted by molar-refractivity contribution is 0.0691. The summed E-state index contributed by atoms with van der Waals surface area (Å²) in [5.74, 6) is -1.02. The van der Waals surface area contributed by atoms with E-state index in [0.29, 0.717) is 12.1 Å². The number of hydrogen-bond acceptors (Lipinski definition) is 3. The van der Waals surface area contributed by atoms with Gasteiger partial charge in [0.1, 0.15) is 0 Å². The zero-order valence-electron chi connectivity index (χ0n) is 10.1. The third kappa shape index (κ3) is 2.18. The maximum Gasteiger partial charge on any atom is 0.354 e. The van der Waals surface area contributed by atoms with E-state index in [2.05, 4.69) is 11.6 Å². The summed E-state index contributed by atoms with van der Waals surface area (Å²) in [5.41, 5.74) is 1.58. The average Bonchev–Trinajstić information content (AvgIpc) is 2.37. The first kappa shape index (κ1) is 12.1. The third-order valence-electron chi connectivity index (χ3n) is 2.73. The van der Waals surface area contributed by atoms with Crippen molar-refractivity contribution in [2.45, 2.75) is 0 Å². The molecule has 0 aliphatic heterocycles. The predicted octanol–water partition coefficient (Wildman–Crippen LogP) is 2.56. The van der Waals surface area contributed by atoms with Gasteiger partial charge < -0.3 is 10.0 Å². The highest BCUT2D eigenvalue weighted by atomic mass is 16.4. The molecule has 4 nitrogen and oxygen atoms in total. The summed E-state index contributed by atoms with van der Waals surface area (Å²) >= 11 is 0. The number of benzene rings is 1. The van der Waals surface area contributed by atoms with E-state index in [1.807, 2.05) is 36.2 Å². The fraction of sp³-hybridized carbons (Fsp3) is 0.143. The molecule has 18 heavy (non-hydrogen) atoms. The first-order valence-corrected chi connectivity index (χ1v) is 5.58. The summed E-state index contributed by atoms with van der Waals surface area (Å²) in [7, 11) is 1.90. The number of carboxylic acids is 1. The molecular weight excluding hydrogens is 228 g/mol. The minimum atomic E-state index is -1.02. The van der Waals surface area contributed by atoms with Crippen LogP contribution in [0.5, 0.6) is 0 Å². The summed E-state index contributed by atoms with van der Waals surface area (Å²) in [5, 5.41) is 10.0. The maximum atomic E-state index is 11.1. The third-order valence-corrected chi connectivity index (χ3v) is 2.73. The van der Waals surface area contributed by atoms with Crippen LogP contribution in [-0.4, -0.2) is 29.7 Å². The van der Waals surface area contributed by atoms with Crippen molar-refractivity contribution in [1.29, 1.82) is 0 Å². The molecule has 0 aliphatic carbocycles.